The van der Waals surface area contributed by atoms with Crippen molar-refractivity contribution in [3.8, 4) is 78.6 Å². The standard InChI is InChI=1S/C116H84N6/c1-115(2,3)83-48-58-110-100(69-83)98-66-80(47-57-108(98)119(110)87-35-19-10-20-36-87)82-43-53-94-99-70-84(49-59-109(99)122(114(94)68-82)90-50-60-111-101(71-90)91-38-21-23-40-103(91)117(111)85-31-15-8-16-32-85)116(4,5)73-74-26-25-37-88(62-74)120-104-41-24-22-39-92(104)102-72-89(51-61-112(102)120)121-105-54-44-77(75-27-11-6-12-28-75)63-95(105)93-52-42-81(67-113(93)121)79-46-56-107-97(65-79)96-64-78(76-29-13-7-14-30-76)45-55-106(96)118(107)86-33-17-9-18-34-86/h6-72H,73H2,1-5H3. The second kappa shape index (κ2) is 27.4. The third kappa shape index (κ3) is 11.3. The Hall–Kier alpha value is -15.2. The van der Waals surface area contributed by atoms with Gasteiger partial charge in [-0.1, -0.05) is 259 Å². The minimum atomic E-state index is -0.275. The Morgan fingerprint density at radius 2 is 0.434 bits per heavy atom. The molecule has 0 aliphatic carbocycles. The predicted octanol–water partition coefficient (Wildman–Crippen LogP) is 30.8. The molecule has 0 radical (unpaired) electrons. The van der Waals surface area contributed by atoms with Gasteiger partial charge in [-0.25, -0.2) is 0 Å². The fraction of sp³-hybridized carbons (Fsp3) is 0.0690. The van der Waals surface area contributed by atoms with Crippen molar-refractivity contribution in [1.29, 1.82) is 0 Å². The number of para-hydroxylation sites is 5. The number of hydrogen-bond donors (Lipinski definition) is 0. The average Bonchev–Trinajstić information content (AvgIpc) is 1.58. The van der Waals surface area contributed by atoms with Crippen LogP contribution in [0.15, 0.2) is 406 Å². The number of benzene rings is 18. The zero-order valence-electron chi connectivity index (χ0n) is 68.6. The molecule has 122 heavy (non-hydrogen) atoms. The summed E-state index contributed by atoms with van der Waals surface area (Å²) in [5, 5.41) is 14.7. The van der Waals surface area contributed by atoms with Crippen LogP contribution in [-0.4, -0.2) is 27.4 Å². The van der Waals surface area contributed by atoms with Gasteiger partial charge in [-0.05, 0) is 260 Å². The highest BCUT2D eigenvalue weighted by atomic mass is 15.0. The molecule has 0 fully saturated rings. The second-order valence-electron chi connectivity index (χ2n) is 35.0. The van der Waals surface area contributed by atoms with E-state index in [-0.39, 0.29) is 10.8 Å². The van der Waals surface area contributed by atoms with Crippen molar-refractivity contribution in [2.75, 3.05) is 0 Å². The summed E-state index contributed by atoms with van der Waals surface area (Å²) < 4.78 is 14.8. The Morgan fingerprint density at radius 1 is 0.164 bits per heavy atom. The molecule has 0 bridgehead atoms. The van der Waals surface area contributed by atoms with Crippen LogP contribution in [-0.2, 0) is 17.3 Å². The highest BCUT2D eigenvalue weighted by molar-refractivity contribution is 6.18. The smallest absolute Gasteiger partial charge is 0.0547 e. The lowest BCUT2D eigenvalue weighted by Crippen LogP contribution is -2.20. The topological polar surface area (TPSA) is 29.6 Å². The maximum absolute atomic E-state index is 2.53. The zero-order valence-corrected chi connectivity index (χ0v) is 68.6. The van der Waals surface area contributed by atoms with E-state index >= 15 is 0 Å². The van der Waals surface area contributed by atoms with Crippen molar-refractivity contribution in [2.24, 2.45) is 0 Å². The molecule has 24 rings (SSSR count). The van der Waals surface area contributed by atoms with Crippen molar-refractivity contribution in [2.45, 2.75) is 51.9 Å². The van der Waals surface area contributed by atoms with Gasteiger partial charge in [-0.15, -0.1) is 0 Å². The molecule has 0 spiro atoms. The van der Waals surface area contributed by atoms with Crippen LogP contribution in [0.25, 0.3) is 209 Å². The van der Waals surface area contributed by atoms with Gasteiger partial charge in [0.1, 0.15) is 0 Å². The quantitative estimate of drug-likeness (QED) is 0.110. The Bertz CT molecular complexity index is 8390. The minimum Gasteiger partial charge on any atom is -0.309 e. The summed E-state index contributed by atoms with van der Waals surface area (Å²) in [6, 6.07) is 152. The number of hydrogen-bond acceptors (Lipinski definition) is 0. The van der Waals surface area contributed by atoms with E-state index in [9.17, 15) is 0 Å². The monoisotopic (exact) mass is 1560 g/mol. The molecule has 6 nitrogen and oxygen atoms in total. The normalized spacial score (nSPS) is 12.3. The van der Waals surface area contributed by atoms with Crippen molar-refractivity contribution >= 4 is 131 Å². The first-order valence-electron chi connectivity index (χ1n) is 42.6. The van der Waals surface area contributed by atoms with Gasteiger partial charge in [-0.3, -0.25) is 0 Å². The van der Waals surface area contributed by atoms with E-state index < -0.39 is 0 Å². The van der Waals surface area contributed by atoms with Crippen LogP contribution in [0.3, 0.4) is 0 Å². The SMILES string of the molecule is CC(C)(C)c1ccc2c(c1)c1cc(-c3ccc4c5cc(C(C)(C)Cc6cccc(-n7c8ccccc8c8cc(-n9c%10ccc(-c%11ccccc%11)cc%10c%10ccc(-c%11ccc%12c(c%11)c%11cc(-c%13ccccc%13)ccc%11n%12-c%11ccccc%11)cc%109)ccc87)c6)ccc5n(-c5ccc6c(c5)c5ccccc5n6-c5ccccc5)c4c3)ccc1n2-c1ccccc1. The summed E-state index contributed by atoms with van der Waals surface area (Å²) in [7, 11) is 0. The molecule has 0 aliphatic rings. The molecule has 0 amide bonds. The molecule has 0 N–H and O–H groups in total. The highest BCUT2D eigenvalue weighted by Crippen LogP contribution is 2.47. The van der Waals surface area contributed by atoms with Gasteiger partial charge in [0.2, 0.25) is 0 Å². The molecule has 6 aromatic heterocycles. The van der Waals surface area contributed by atoms with Gasteiger partial charge in [0.15, 0.2) is 0 Å². The van der Waals surface area contributed by atoms with E-state index in [0.717, 1.165) is 62.7 Å². The van der Waals surface area contributed by atoms with Gasteiger partial charge >= 0.3 is 0 Å². The van der Waals surface area contributed by atoms with Crippen LogP contribution in [0.2, 0.25) is 0 Å². The summed E-state index contributed by atoms with van der Waals surface area (Å²) in [6.07, 6.45) is 0.820. The lowest BCUT2D eigenvalue weighted by molar-refractivity contribution is 0.523. The maximum Gasteiger partial charge on any atom is 0.0547 e. The molecule has 0 unspecified atom stereocenters. The largest absolute Gasteiger partial charge is 0.309 e. The zero-order chi connectivity index (χ0) is 81.2. The van der Waals surface area contributed by atoms with Crippen LogP contribution in [0.1, 0.15) is 51.3 Å². The molecular weight excluding hydrogens is 1480 g/mol. The second-order valence-corrected chi connectivity index (χ2v) is 35.0. The molecule has 6 heteroatoms. The summed E-state index contributed by atoms with van der Waals surface area (Å²) in [5.74, 6) is 0. The maximum atomic E-state index is 2.53. The average molecular weight is 1560 g/mol. The van der Waals surface area contributed by atoms with Crippen LogP contribution >= 0.6 is 0 Å². The Morgan fingerprint density at radius 3 is 0.861 bits per heavy atom. The number of rotatable bonds is 13. The first-order chi connectivity index (χ1) is 59.9. The Balaban J connectivity index is 0.615. The van der Waals surface area contributed by atoms with Crippen LogP contribution < -0.4 is 0 Å². The number of nitrogens with zero attached hydrogens (tertiary/aromatic N) is 6. The Labute approximate surface area is 707 Å². The third-order valence-electron chi connectivity index (χ3n) is 26.3. The van der Waals surface area contributed by atoms with Crippen LogP contribution in [0.5, 0.6) is 0 Å². The van der Waals surface area contributed by atoms with E-state index in [1.165, 1.54) is 170 Å². The molecule has 0 saturated carbocycles. The van der Waals surface area contributed by atoms with E-state index in [4.69, 9.17) is 0 Å². The molecule has 0 saturated heterocycles. The first kappa shape index (κ1) is 70.9. The van der Waals surface area contributed by atoms with Crippen LogP contribution in [0, 0.1) is 0 Å². The third-order valence-corrected chi connectivity index (χ3v) is 26.3. The van der Waals surface area contributed by atoms with Gasteiger partial charge in [0.25, 0.3) is 0 Å². The van der Waals surface area contributed by atoms with Crippen molar-refractivity contribution < 1.29 is 0 Å². The van der Waals surface area contributed by atoms with E-state index in [0.29, 0.717) is 0 Å². The molecule has 0 atom stereocenters. The molecular formula is C116H84N6. The summed E-state index contributed by atoms with van der Waals surface area (Å²) in [5.41, 5.74) is 34.0. The molecule has 6 heterocycles. The van der Waals surface area contributed by atoms with E-state index in [2.05, 4.69) is 468 Å². The lowest BCUT2D eigenvalue weighted by Gasteiger charge is -2.26. The number of aromatic nitrogens is 6. The predicted molar refractivity (Wildman–Crippen MR) is 516 cm³/mol. The summed E-state index contributed by atoms with van der Waals surface area (Å²) >= 11 is 0. The molecule has 0 aliphatic heterocycles. The fourth-order valence-electron chi connectivity index (χ4n) is 20.3. The Kier molecular flexibility index (Phi) is 15.9. The highest BCUT2D eigenvalue weighted by Gasteiger charge is 2.28. The summed E-state index contributed by atoms with van der Waals surface area (Å²) in [4.78, 5) is 0. The van der Waals surface area contributed by atoms with Gasteiger partial charge in [0, 0.05) is 98.8 Å². The molecule has 18 aromatic carbocycles. The minimum absolute atomic E-state index is 0.0147. The van der Waals surface area contributed by atoms with Gasteiger partial charge in [-0.2, -0.15) is 0 Å². The lowest BCUT2D eigenvalue weighted by atomic mass is 9.78. The fourth-order valence-corrected chi connectivity index (χ4v) is 20.3. The summed E-state index contributed by atoms with van der Waals surface area (Å²) in [6.45, 7) is 11.8. The van der Waals surface area contributed by atoms with Crippen molar-refractivity contribution in [1.82, 2.24) is 27.4 Å². The van der Waals surface area contributed by atoms with E-state index in [1.54, 1.807) is 0 Å². The van der Waals surface area contributed by atoms with Crippen molar-refractivity contribution in [3.63, 3.8) is 0 Å². The molecule has 578 valence electrons. The number of fused-ring (bicyclic) bond motifs is 18. The first-order valence-corrected chi connectivity index (χ1v) is 42.6. The van der Waals surface area contributed by atoms with Gasteiger partial charge in [0.05, 0.1) is 66.2 Å². The van der Waals surface area contributed by atoms with E-state index in [1.807, 2.05) is 0 Å². The van der Waals surface area contributed by atoms with Crippen LogP contribution in [0.4, 0.5) is 0 Å². The molecule has 24 aromatic rings. The van der Waals surface area contributed by atoms with Crippen molar-refractivity contribution in [3.05, 3.63) is 423 Å². The van der Waals surface area contributed by atoms with Gasteiger partial charge < -0.3 is 27.4 Å².